The highest BCUT2D eigenvalue weighted by molar-refractivity contribution is 5.98. The maximum absolute atomic E-state index is 14.1. The zero-order valence-corrected chi connectivity index (χ0v) is 20.2. The predicted octanol–water partition coefficient (Wildman–Crippen LogP) is 2.87. The monoisotopic (exact) mass is 494 g/mol. The third kappa shape index (κ3) is 4.89. The van der Waals surface area contributed by atoms with Crippen molar-refractivity contribution in [2.45, 2.75) is 31.8 Å². The zero-order chi connectivity index (χ0) is 25.9. The van der Waals surface area contributed by atoms with E-state index in [1.165, 1.54) is 60.6 Å². The van der Waals surface area contributed by atoms with E-state index in [1.807, 2.05) is 0 Å². The van der Waals surface area contributed by atoms with Gasteiger partial charge in [-0.2, -0.15) is 9.61 Å². The van der Waals surface area contributed by atoms with Gasteiger partial charge >= 0.3 is 0 Å². The van der Waals surface area contributed by atoms with E-state index < -0.39 is 17.3 Å². The van der Waals surface area contributed by atoms with Crippen molar-refractivity contribution in [3.05, 3.63) is 70.7 Å². The van der Waals surface area contributed by atoms with E-state index in [9.17, 15) is 14.0 Å². The number of carbonyl (C=O) groups is 1. The molecule has 0 spiro atoms. The molecular weight excluding hydrogens is 467 g/mol. The van der Waals surface area contributed by atoms with Gasteiger partial charge in [-0.15, -0.1) is 0 Å². The van der Waals surface area contributed by atoms with Gasteiger partial charge < -0.3 is 21.1 Å². The lowest BCUT2D eigenvalue weighted by atomic mass is 9.82. The summed E-state index contributed by atoms with van der Waals surface area (Å²) in [5.41, 5.74) is 5.60. The Morgan fingerprint density at radius 3 is 2.64 bits per heavy atom. The molecule has 0 aliphatic heterocycles. The highest BCUT2D eigenvalue weighted by atomic mass is 19.1. The Bertz CT molecular complexity index is 1460. The molecule has 12 heteroatoms. The van der Waals surface area contributed by atoms with Crippen molar-refractivity contribution in [2.75, 3.05) is 24.8 Å². The van der Waals surface area contributed by atoms with Crippen LogP contribution in [-0.2, 0) is 4.74 Å². The Balaban J connectivity index is 0.000000375. The SMILES string of the molecule is CNc1cc(Nc2cccn(-c3ncccc3F)c2=O)nc2c(C(N)=O)cnn12.COC1(C)CCC1. The summed E-state index contributed by atoms with van der Waals surface area (Å²) in [7, 11) is 3.46. The van der Waals surface area contributed by atoms with Crippen LogP contribution in [-0.4, -0.2) is 49.8 Å². The molecule has 0 bridgehead atoms. The third-order valence-corrected chi connectivity index (χ3v) is 6.07. The summed E-state index contributed by atoms with van der Waals surface area (Å²) in [5, 5.41) is 9.92. The number of nitrogens with zero attached hydrogens (tertiary/aromatic N) is 5. The minimum absolute atomic E-state index is 0.118. The van der Waals surface area contributed by atoms with Crippen molar-refractivity contribution < 1.29 is 13.9 Å². The lowest BCUT2D eigenvalue weighted by Crippen LogP contribution is -2.34. The molecule has 0 saturated heterocycles. The Morgan fingerprint density at radius 2 is 2.06 bits per heavy atom. The van der Waals surface area contributed by atoms with Gasteiger partial charge in [0.15, 0.2) is 17.3 Å². The van der Waals surface area contributed by atoms with Crippen LogP contribution in [0.4, 0.5) is 21.7 Å². The average Bonchev–Trinajstić information content (AvgIpc) is 3.29. The molecule has 188 valence electrons. The van der Waals surface area contributed by atoms with Crippen molar-refractivity contribution in [2.24, 2.45) is 5.73 Å². The third-order valence-electron chi connectivity index (χ3n) is 6.07. The fourth-order valence-electron chi connectivity index (χ4n) is 3.71. The number of hydrogen-bond acceptors (Lipinski definition) is 8. The van der Waals surface area contributed by atoms with Crippen LogP contribution in [0.15, 0.2) is 53.7 Å². The van der Waals surface area contributed by atoms with E-state index in [-0.39, 0.29) is 34.1 Å². The molecule has 5 rings (SSSR count). The molecule has 0 aromatic carbocycles. The number of carbonyl (C=O) groups excluding carboxylic acids is 1. The van der Waals surface area contributed by atoms with Gasteiger partial charge in [-0.05, 0) is 50.5 Å². The fourth-order valence-corrected chi connectivity index (χ4v) is 3.71. The summed E-state index contributed by atoms with van der Waals surface area (Å²) in [4.78, 5) is 32.7. The van der Waals surface area contributed by atoms with Crippen molar-refractivity contribution in [3.63, 3.8) is 0 Å². The summed E-state index contributed by atoms with van der Waals surface area (Å²) in [6, 6.07) is 7.35. The second-order valence-corrected chi connectivity index (χ2v) is 8.47. The standard InChI is InChI=1S/C18H15FN8O2.C6H12O/c1-21-14-8-13(25-16-10(15(20)28)9-23-27(14)16)24-12-5-3-7-26(18(12)29)17-11(19)4-2-6-22-17;1-6(7-2)4-3-5-6/h2-9,21H,1H3,(H2,20,28)(H,24,25);3-5H2,1-2H3. The van der Waals surface area contributed by atoms with Crippen LogP contribution in [0, 0.1) is 5.82 Å². The number of nitrogens with two attached hydrogens (primary N) is 1. The number of rotatable bonds is 6. The largest absolute Gasteiger partial charge is 0.379 e. The Kier molecular flexibility index (Phi) is 6.97. The van der Waals surface area contributed by atoms with Gasteiger partial charge in [-0.3, -0.25) is 14.2 Å². The van der Waals surface area contributed by atoms with E-state index in [1.54, 1.807) is 26.3 Å². The van der Waals surface area contributed by atoms with Gasteiger partial charge in [0.25, 0.3) is 11.5 Å². The number of aromatic nitrogens is 5. The van der Waals surface area contributed by atoms with Crippen LogP contribution in [0.2, 0.25) is 0 Å². The number of methoxy groups -OCH3 is 1. The van der Waals surface area contributed by atoms with Gasteiger partial charge in [-0.1, -0.05) is 0 Å². The molecule has 1 aliphatic carbocycles. The van der Waals surface area contributed by atoms with Crippen LogP contribution in [0.25, 0.3) is 11.5 Å². The van der Waals surface area contributed by atoms with Gasteiger partial charge in [-0.25, -0.2) is 14.4 Å². The number of hydrogen-bond donors (Lipinski definition) is 3. The number of primary amides is 1. The van der Waals surface area contributed by atoms with Crippen molar-refractivity contribution in [1.29, 1.82) is 0 Å². The number of anilines is 3. The Hall–Kier alpha value is -4.32. The molecule has 1 fully saturated rings. The summed E-state index contributed by atoms with van der Waals surface area (Å²) < 4.78 is 21.7. The lowest BCUT2D eigenvalue weighted by Gasteiger charge is -2.36. The van der Waals surface area contributed by atoms with Crippen molar-refractivity contribution in [1.82, 2.24) is 24.1 Å². The van der Waals surface area contributed by atoms with Crippen LogP contribution in [0.1, 0.15) is 36.5 Å². The van der Waals surface area contributed by atoms with Crippen LogP contribution in [0.5, 0.6) is 0 Å². The second-order valence-electron chi connectivity index (χ2n) is 8.47. The number of ether oxygens (including phenoxy) is 1. The van der Waals surface area contributed by atoms with Crippen LogP contribution >= 0.6 is 0 Å². The molecule has 11 nitrogen and oxygen atoms in total. The second kappa shape index (κ2) is 10.1. The highest BCUT2D eigenvalue weighted by Gasteiger charge is 2.30. The van der Waals surface area contributed by atoms with Crippen molar-refractivity contribution in [3.8, 4) is 5.82 Å². The van der Waals surface area contributed by atoms with E-state index in [0.717, 1.165) is 4.57 Å². The maximum Gasteiger partial charge on any atom is 0.280 e. The first-order chi connectivity index (χ1) is 17.3. The first kappa shape index (κ1) is 24.8. The minimum Gasteiger partial charge on any atom is -0.379 e. The van der Waals surface area contributed by atoms with Crippen LogP contribution in [0.3, 0.4) is 0 Å². The predicted molar refractivity (Wildman–Crippen MR) is 133 cm³/mol. The molecule has 0 unspecified atom stereocenters. The van der Waals surface area contributed by atoms with Gasteiger partial charge in [0.1, 0.15) is 22.9 Å². The Morgan fingerprint density at radius 1 is 1.28 bits per heavy atom. The normalized spacial score (nSPS) is 13.9. The molecule has 1 saturated carbocycles. The summed E-state index contributed by atoms with van der Waals surface area (Å²) in [6.07, 6.45) is 7.98. The van der Waals surface area contributed by atoms with E-state index in [4.69, 9.17) is 10.5 Å². The van der Waals surface area contributed by atoms with Crippen LogP contribution < -0.4 is 21.9 Å². The fraction of sp³-hybridized carbons (Fsp3) is 0.292. The number of halogens is 1. The van der Waals surface area contributed by atoms with E-state index in [2.05, 4.69) is 32.6 Å². The molecule has 1 amide bonds. The molecule has 1 aliphatic rings. The maximum atomic E-state index is 14.1. The number of pyridine rings is 2. The first-order valence-electron chi connectivity index (χ1n) is 11.3. The summed E-state index contributed by atoms with van der Waals surface area (Å²) >= 11 is 0. The van der Waals surface area contributed by atoms with Gasteiger partial charge in [0.05, 0.1) is 11.8 Å². The first-order valence-corrected chi connectivity index (χ1v) is 11.3. The minimum atomic E-state index is -0.681. The summed E-state index contributed by atoms with van der Waals surface area (Å²) in [5.74, 6) is -0.654. The number of nitrogens with one attached hydrogen (secondary N) is 2. The molecular formula is C24H27FN8O3. The molecule has 4 aromatic heterocycles. The molecule has 4 aromatic rings. The number of amides is 1. The Labute approximate surface area is 206 Å². The molecule has 4 N–H and O–H groups in total. The highest BCUT2D eigenvalue weighted by Crippen LogP contribution is 2.33. The van der Waals surface area contributed by atoms with E-state index >= 15 is 0 Å². The molecule has 36 heavy (non-hydrogen) atoms. The molecule has 0 atom stereocenters. The van der Waals surface area contributed by atoms with Gasteiger partial charge in [0, 0.05) is 32.6 Å². The van der Waals surface area contributed by atoms with E-state index in [0.29, 0.717) is 5.82 Å². The zero-order valence-electron chi connectivity index (χ0n) is 20.2. The lowest BCUT2D eigenvalue weighted by molar-refractivity contribution is -0.0555. The topological polar surface area (TPSA) is 141 Å². The molecule has 4 heterocycles. The van der Waals surface area contributed by atoms with Crippen molar-refractivity contribution >= 4 is 28.9 Å². The summed E-state index contributed by atoms with van der Waals surface area (Å²) in [6.45, 7) is 2.16. The molecule has 0 radical (unpaired) electrons. The smallest absolute Gasteiger partial charge is 0.280 e. The quantitative estimate of drug-likeness (QED) is 0.372. The number of fused-ring (bicyclic) bond motifs is 1. The average molecular weight is 495 g/mol. The van der Waals surface area contributed by atoms with Gasteiger partial charge in [0.2, 0.25) is 0 Å².